The molecule has 0 aromatic heterocycles. The summed E-state index contributed by atoms with van der Waals surface area (Å²) in [5.74, 6) is -0.701. The van der Waals surface area contributed by atoms with Crippen molar-refractivity contribution >= 4 is 5.97 Å². The van der Waals surface area contributed by atoms with E-state index in [2.05, 4.69) is 13.0 Å². The van der Waals surface area contributed by atoms with E-state index in [0.717, 1.165) is 6.42 Å². The van der Waals surface area contributed by atoms with Gasteiger partial charge < -0.3 is 5.11 Å². The molecule has 0 radical (unpaired) electrons. The van der Waals surface area contributed by atoms with Crippen molar-refractivity contribution in [3.8, 4) is 0 Å². The molecule has 160 valence electrons. The Morgan fingerprint density at radius 3 is 1.26 bits per heavy atom. The first-order valence-electron chi connectivity index (χ1n) is 12.1. The van der Waals surface area contributed by atoms with Gasteiger partial charge in [-0.3, -0.25) is 4.79 Å². The van der Waals surface area contributed by atoms with Gasteiger partial charge in [-0.1, -0.05) is 128 Å². The zero-order valence-corrected chi connectivity index (χ0v) is 18.4. The van der Waals surface area contributed by atoms with Crippen molar-refractivity contribution in [3.63, 3.8) is 0 Å². The molecule has 2 nitrogen and oxygen atoms in total. The third-order valence-electron chi connectivity index (χ3n) is 5.42. The average Bonchev–Trinajstić information content (AvgIpc) is 2.65. The molecule has 0 atom stereocenters. The topological polar surface area (TPSA) is 37.3 Å². The third kappa shape index (κ3) is 25.2. The molecule has 0 amide bonds. The van der Waals surface area contributed by atoms with Gasteiger partial charge in [-0.15, -0.1) is 0 Å². The van der Waals surface area contributed by atoms with Crippen LogP contribution in [0.15, 0.2) is 12.2 Å². The molecule has 0 rings (SSSR count). The monoisotopic (exact) mass is 380 g/mol. The Morgan fingerprint density at radius 1 is 0.556 bits per heavy atom. The van der Waals surface area contributed by atoms with E-state index in [1.807, 2.05) is 6.08 Å². The van der Waals surface area contributed by atoms with E-state index in [9.17, 15) is 4.79 Å². The Balaban J connectivity index is 3.04. The molecule has 27 heavy (non-hydrogen) atoms. The van der Waals surface area contributed by atoms with Crippen LogP contribution in [-0.2, 0) is 4.79 Å². The van der Waals surface area contributed by atoms with Crippen LogP contribution < -0.4 is 0 Å². The first kappa shape index (κ1) is 26.2. The quantitative estimate of drug-likeness (QED) is 0.150. The molecule has 0 aliphatic heterocycles. The van der Waals surface area contributed by atoms with Crippen molar-refractivity contribution in [2.24, 2.45) is 0 Å². The van der Waals surface area contributed by atoms with Crippen molar-refractivity contribution in [2.75, 3.05) is 0 Å². The minimum absolute atomic E-state index is 0.260. The Labute approximate surface area is 170 Å². The van der Waals surface area contributed by atoms with Crippen LogP contribution in [0.3, 0.4) is 0 Å². The fourth-order valence-corrected chi connectivity index (χ4v) is 3.61. The van der Waals surface area contributed by atoms with Crippen LogP contribution in [-0.4, -0.2) is 11.1 Å². The van der Waals surface area contributed by atoms with Gasteiger partial charge >= 0.3 is 5.97 Å². The molecule has 0 heterocycles. The van der Waals surface area contributed by atoms with Crippen LogP contribution in [0.25, 0.3) is 0 Å². The highest BCUT2D eigenvalue weighted by molar-refractivity contribution is 5.66. The normalized spacial score (nSPS) is 11.4. The fraction of sp³-hybridized carbons (Fsp3) is 0.880. The predicted octanol–water partition coefficient (Wildman–Crippen LogP) is 8.84. The predicted molar refractivity (Wildman–Crippen MR) is 119 cm³/mol. The van der Waals surface area contributed by atoms with Gasteiger partial charge in [-0.05, 0) is 19.3 Å². The van der Waals surface area contributed by atoms with Gasteiger partial charge in [0.2, 0.25) is 0 Å². The highest BCUT2D eigenvalue weighted by atomic mass is 16.4. The number of allylic oxidation sites excluding steroid dienone is 2. The molecule has 0 fully saturated rings. The number of carbonyl (C=O) groups is 1. The molecule has 0 unspecified atom stereocenters. The lowest BCUT2D eigenvalue weighted by Crippen LogP contribution is -1.91. The van der Waals surface area contributed by atoms with Crippen molar-refractivity contribution in [3.05, 3.63) is 12.2 Å². The van der Waals surface area contributed by atoms with Gasteiger partial charge in [0.05, 0.1) is 0 Å². The van der Waals surface area contributed by atoms with Crippen molar-refractivity contribution in [1.82, 2.24) is 0 Å². The molecule has 0 saturated heterocycles. The van der Waals surface area contributed by atoms with Crippen LogP contribution in [0.4, 0.5) is 0 Å². The van der Waals surface area contributed by atoms with E-state index in [0.29, 0.717) is 6.42 Å². The van der Waals surface area contributed by atoms with Crippen LogP contribution >= 0.6 is 0 Å². The number of hydrogen-bond donors (Lipinski definition) is 1. The van der Waals surface area contributed by atoms with Gasteiger partial charge in [0, 0.05) is 6.42 Å². The first-order valence-corrected chi connectivity index (χ1v) is 12.1. The van der Waals surface area contributed by atoms with Gasteiger partial charge in [-0.2, -0.15) is 0 Å². The Kier molecular flexibility index (Phi) is 22.6. The Hall–Kier alpha value is -0.790. The molecule has 0 spiro atoms. The zero-order chi connectivity index (χ0) is 19.8. The fourth-order valence-electron chi connectivity index (χ4n) is 3.61. The van der Waals surface area contributed by atoms with Crippen LogP contribution in [0.1, 0.15) is 142 Å². The maximum atomic E-state index is 10.4. The number of hydrogen-bond acceptors (Lipinski definition) is 1. The molecule has 0 aliphatic rings. The second kappa shape index (κ2) is 23.2. The lowest BCUT2D eigenvalue weighted by Gasteiger charge is -2.03. The van der Waals surface area contributed by atoms with Gasteiger partial charge in [0.1, 0.15) is 0 Å². The summed E-state index contributed by atoms with van der Waals surface area (Å²) in [5, 5.41) is 8.55. The summed E-state index contributed by atoms with van der Waals surface area (Å²) in [5.41, 5.74) is 0. The molecule has 0 saturated carbocycles. The number of carboxylic acid groups (broad SMARTS) is 1. The van der Waals surface area contributed by atoms with Gasteiger partial charge in [-0.25, -0.2) is 0 Å². The van der Waals surface area contributed by atoms with E-state index in [1.54, 1.807) is 0 Å². The van der Waals surface area contributed by atoms with Crippen LogP contribution in [0.2, 0.25) is 0 Å². The summed E-state index contributed by atoms with van der Waals surface area (Å²) in [6, 6.07) is 0. The molecule has 2 heteroatoms. The minimum Gasteiger partial charge on any atom is -0.481 e. The van der Waals surface area contributed by atoms with E-state index >= 15 is 0 Å². The number of aliphatic carboxylic acids is 1. The molecular formula is C25H48O2. The summed E-state index contributed by atoms with van der Waals surface area (Å²) in [6.45, 7) is 2.29. The number of carboxylic acids is 1. The van der Waals surface area contributed by atoms with Crippen LogP contribution in [0.5, 0.6) is 0 Å². The first-order chi connectivity index (χ1) is 13.3. The largest absolute Gasteiger partial charge is 0.481 e. The SMILES string of the molecule is CCCCCCCCCCCCCCCCCCCCC=CCCC(=O)O. The maximum absolute atomic E-state index is 10.4. The third-order valence-corrected chi connectivity index (χ3v) is 5.42. The average molecular weight is 381 g/mol. The molecule has 0 aromatic carbocycles. The second-order valence-corrected chi connectivity index (χ2v) is 8.20. The van der Waals surface area contributed by atoms with Crippen molar-refractivity contribution in [1.29, 1.82) is 0 Å². The smallest absolute Gasteiger partial charge is 0.303 e. The maximum Gasteiger partial charge on any atom is 0.303 e. The molecule has 0 aliphatic carbocycles. The standard InChI is InChI=1S/C25H48O2/c1-2-3-4-5-6-7-8-9-10-11-12-13-14-15-16-17-18-19-20-21-22-23-24-25(26)27/h21-22H,2-20,23-24H2,1H3,(H,26,27). The highest BCUT2D eigenvalue weighted by Crippen LogP contribution is 2.14. The van der Waals surface area contributed by atoms with E-state index in [-0.39, 0.29) is 6.42 Å². The lowest BCUT2D eigenvalue weighted by molar-refractivity contribution is -0.136. The lowest BCUT2D eigenvalue weighted by atomic mass is 10.0. The Bertz CT molecular complexity index is 322. The highest BCUT2D eigenvalue weighted by Gasteiger charge is 1.95. The summed E-state index contributed by atoms with van der Waals surface area (Å²) in [7, 11) is 0. The number of rotatable bonds is 22. The summed E-state index contributed by atoms with van der Waals surface area (Å²) < 4.78 is 0. The van der Waals surface area contributed by atoms with Crippen molar-refractivity contribution < 1.29 is 9.90 Å². The van der Waals surface area contributed by atoms with E-state index in [4.69, 9.17) is 5.11 Å². The summed E-state index contributed by atoms with van der Waals surface area (Å²) >= 11 is 0. The summed E-state index contributed by atoms with van der Waals surface area (Å²) in [4.78, 5) is 10.4. The van der Waals surface area contributed by atoms with E-state index < -0.39 is 5.97 Å². The Morgan fingerprint density at radius 2 is 0.889 bits per heavy atom. The van der Waals surface area contributed by atoms with Crippen LogP contribution in [0, 0.1) is 0 Å². The minimum atomic E-state index is -0.701. The van der Waals surface area contributed by atoms with Crippen molar-refractivity contribution in [2.45, 2.75) is 142 Å². The van der Waals surface area contributed by atoms with Gasteiger partial charge in [0.15, 0.2) is 0 Å². The van der Waals surface area contributed by atoms with Gasteiger partial charge in [0.25, 0.3) is 0 Å². The van der Waals surface area contributed by atoms with E-state index in [1.165, 1.54) is 116 Å². The number of unbranched alkanes of at least 4 members (excludes halogenated alkanes) is 18. The molecule has 0 aromatic rings. The second-order valence-electron chi connectivity index (χ2n) is 8.20. The molecule has 0 bridgehead atoms. The molecule has 1 N–H and O–H groups in total. The summed E-state index contributed by atoms with van der Waals surface area (Å²) in [6.07, 6.45) is 31.7. The molecular weight excluding hydrogens is 332 g/mol. The zero-order valence-electron chi connectivity index (χ0n) is 18.4.